The molecule has 1 amide bonds. The number of carbonyl (C=O) groups excluding carboxylic acids is 1. The number of hydrogen-bond donors (Lipinski definition) is 0. The van der Waals surface area contributed by atoms with Crippen LogP contribution in [0.4, 0.5) is 0 Å². The Bertz CT molecular complexity index is 911. The average molecular weight is 352 g/mol. The predicted molar refractivity (Wildman–Crippen MR) is 93.7 cm³/mol. The Kier molecular flexibility index (Phi) is 4.16. The summed E-state index contributed by atoms with van der Waals surface area (Å²) >= 11 is 0. The van der Waals surface area contributed by atoms with Crippen LogP contribution < -0.4 is 4.74 Å². The Morgan fingerprint density at radius 2 is 2.04 bits per heavy atom. The number of para-hydroxylation sites is 1. The maximum Gasteiger partial charge on any atom is 0.272 e. The van der Waals surface area contributed by atoms with Crippen molar-refractivity contribution in [3.8, 4) is 5.75 Å². The summed E-state index contributed by atoms with van der Waals surface area (Å²) in [6.45, 7) is 3.48. The first-order chi connectivity index (χ1) is 12.6. The van der Waals surface area contributed by atoms with Crippen molar-refractivity contribution in [1.29, 1.82) is 0 Å². The van der Waals surface area contributed by atoms with Crippen molar-refractivity contribution in [2.45, 2.75) is 19.6 Å². The van der Waals surface area contributed by atoms with Crippen LogP contribution in [0.3, 0.4) is 0 Å². The first-order valence-electron chi connectivity index (χ1n) is 8.48. The molecule has 3 aromatic rings. The number of benzene rings is 1. The van der Waals surface area contributed by atoms with Gasteiger partial charge in [0.1, 0.15) is 23.7 Å². The molecule has 8 nitrogen and oxygen atoms in total. The second-order valence-electron chi connectivity index (χ2n) is 6.45. The molecule has 2 aromatic heterocycles. The van der Waals surface area contributed by atoms with Gasteiger partial charge in [-0.3, -0.25) is 9.48 Å². The first kappa shape index (κ1) is 16.3. The van der Waals surface area contributed by atoms with Crippen molar-refractivity contribution in [2.24, 2.45) is 7.05 Å². The molecular weight excluding hydrogens is 332 g/mol. The third-order valence-corrected chi connectivity index (χ3v) is 4.43. The number of nitrogens with zero attached hydrogens (tertiary/aromatic N) is 6. The van der Waals surface area contributed by atoms with E-state index in [1.165, 1.54) is 0 Å². The van der Waals surface area contributed by atoms with Crippen molar-refractivity contribution in [2.75, 3.05) is 13.1 Å². The van der Waals surface area contributed by atoms with Crippen LogP contribution in [0.1, 0.15) is 27.9 Å². The summed E-state index contributed by atoms with van der Waals surface area (Å²) in [7, 11) is 1.79. The molecule has 8 heteroatoms. The van der Waals surface area contributed by atoms with E-state index >= 15 is 0 Å². The molecule has 0 radical (unpaired) electrons. The quantitative estimate of drug-likeness (QED) is 0.697. The number of rotatable bonds is 5. The lowest BCUT2D eigenvalue weighted by Crippen LogP contribution is -2.51. The zero-order chi connectivity index (χ0) is 18.1. The third-order valence-electron chi connectivity index (χ3n) is 4.43. The summed E-state index contributed by atoms with van der Waals surface area (Å²) in [5, 5.41) is 12.5. The number of ether oxygens (including phenoxy) is 1. The van der Waals surface area contributed by atoms with Gasteiger partial charge in [0.15, 0.2) is 0 Å². The molecule has 0 atom stereocenters. The normalized spacial score (nSPS) is 14.3. The maximum absolute atomic E-state index is 12.5. The minimum absolute atomic E-state index is 0.00269. The van der Waals surface area contributed by atoms with Crippen molar-refractivity contribution < 1.29 is 9.53 Å². The molecule has 4 rings (SSSR count). The molecule has 0 N–H and O–H groups in total. The zero-order valence-corrected chi connectivity index (χ0v) is 14.7. The van der Waals surface area contributed by atoms with E-state index < -0.39 is 0 Å². The standard InChI is InChI=1S/C18H20N6O2/c1-13-8-17(22(2)20-13)18(25)23-10-15(11-23)24-9-14(19-21-24)12-26-16-6-4-3-5-7-16/h3-9,15H,10-12H2,1-2H3. The number of amides is 1. The number of aryl methyl sites for hydroxylation is 2. The Morgan fingerprint density at radius 3 is 2.73 bits per heavy atom. The highest BCUT2D eigenvalue weighted by Gasteiger charge is 2.34. The molecule has 0 spiro atoms. The molecule has 26 heavy (non-hydrogen) atoms. The number of aromatic nitrogens is 5. The van der Waals surface area contributed by atoms with Crippen LogP contribution in [0.5, 0.6) is 5.75 Å². The number of carbonyl (C=O) groups is 1. The van der Waals surface area contributed by atoms with Crippen molar-refractivity contribution in [3.05, 3.63) is 59.7 Å². The molecule has 0 saturated carbocycles. The second kappa shape index (κ2) is 6.62. The molecule has 1 aromatic carbocycles. The fraction of sp³-hybridized carbons (Fsp3) is 0.333. The summed E-state index contributed by atoms with van der Waals surface area (Å²) in [5.74, 6) is 0.797. The highest BCUT2D eigenvalue weighted by molar-refractivity contribution is 5.93. The average Bonchev–Trinajstić information content (AvgIpc) is 3.19. The number of likely N-dealkylation sites (tertiary alicyclic amines) is 1. The van der Waals surface area contributed by atoms with E-state index in [0.29, 0.717) is 25.4 Å². The SMILES string of the molecule is Cc1cc(C(=O)N2CC(n3cc(COc4ccccc4)nn3)C2)n(C)n1. The van der Waals surface area contributed by atoms with Crippen LogP contribution in [0, 0.1) is 6.92 Å². The smallest absolute Gasteiger partial charge is 0.272 e. The molecule has 1 saturated heterocycles. The second-order valence-corrected chi connectivity index (χ2v) is 6.45. The van der Waals surface area contributed by atoms with Crippen LogP contribution in [-0.2, 0) is 13.7 Å². The van der Waals surface area contributed by atoms with Gasteiger partial charge in [0, 0.05) is 20.1 Å². The summed E-state index contributed by atoms with van der Waals surface area (Å²) in [6.07, 6.45) is 1.88. The van der Waals surface area contributed by atoms with E-state index in [9.17, 15) is 4.79 Å². The van der Waals surface area contributed by atoms with E-state index in [2.05, 4.69) is 15.4 Å². The first-order valence-corrected chi connectivity index (χ1v) is 8.48. The van der Waals surface area contributed by atoms with Gasteiger partial charge in [-0.1, -0.05) is 23.4 Å². The number of hydrogen-bond acceptors (Lipinski definition) is 5. The highest BCUT2D eigenvalue weighted by atomic mass is 16.5. The molecule has 1 fully saturated rings. The van der Waals surface area contributed by atoms with E-state index in [0.717, 1.165) is 17.1 Å². The van der Waals surface area contributed by atoms with Crippen LogP contribution in [0.15, 0.2) is 42.6 Å². The van der Waals surface area contributed by atoms with Gasteiger partial charge in [-0.25, -0.2) is 4.68 Å². The van der Waals surface area contributed by atoms with Gasteiger partial charge in [0.25, 0.3) is 5.91 Å². The molecule has 1 aliphatic rings. The highest BCUT2D eigenvalue weighted by Crippen LogP contribution is 2.23. The minimum atomic E-state index is -0.00269. The fourth-order valence-electron chi connectivity index (χ4n) is 2.99. The molecule has 0 unspecified atom stereocenters. The van der Waals surface area contributed by atoms with Gasteiger partial charge in [0.05, 0.1) is 17.9 Å². The minimum Gasteiger partial charge on any atom is -0.487 e. The lowest BCUT2D eigenvalue weighted by atomic mass is 10.1. The van der Waals surface area contributed by atoms with Gasteiger partial charge in [0.2, 0.25) is 0 Å². The molecule has 1 aliphatic heterocycles. The largest absolute Gasteiger partial charge is 0.487 e. The summed E-state index contributed by atoms with van der Waals surface area (Å²) in [5.41, 5.74) is 2.21. The summed E-state index contributed by atoms with van der Waals surface area (Å²) in [4.78, 5) is 14.3. The van der Waals surface area contributed by atoms with E-state index in [-0.39, 0.29) is 11.9 Å². The molecule has 0 bridgehead atoms. The van der Waals surface area contributed by atoms with Gasteiger partial charge in [-0.2, -0.15) is 5.10 Å². The van der Waals surface area contributed by atoms with Gasteiger partial charge in [-0.05, 0) is 25.1 Å². The van der Waals surface area contributed by atoms with Crippen LogP contribution in [0.25, 0.3) is 0 Å². The summed E-state index contributed by atoms with van der Waals surface area (Å²) in [6, 6.07) is 11.6. The summed E-state index contributed by atoms with van der Waals surface area (Å²) < 4.78 is 9.11. The third kappa shape index (κ3) is 3.17. The van der Waals surface area contributed by atoms with E-state index in [4.69, 9.17) is 4.74 Å². The lowest BCUT2D eigenvalue weighted by molar-refractivity contribution is 0.0487. The van der Waals surface area contributed by atoms with Gasteiger partial charge >= 0.3 is 0 Å². The lowest BCUT2D eigenvalue weighted by Gasteiger charge is -2.38. The van der Waals surface area contributed by atoms with Crippen LogP contribution >= 0.6 is 0 Å². The molecule has 0 aliphatic carbocycles. The fourth-order valence-corrected chi connectivity index (χ4v) is 2.99. The van der Waals surface area contributed by atoms with Gasteiger partial charge < -0.3 is 9.64 Å². The zero-order valence-electron chi connectivity index (χ0n) is 14.7. The Morgan fingerprint density at radius 1 is 1.27 bits per heavy atom. The van der Waals surface area contributed by atoms with Crippen LogP contribution in [0.2, 0.25) is 0 Å². The predicted octanol–water partition coefficient (Wildman–Crippen LogP) is 1.60. The van der Waals surface area contributed by atoms with Crippen molar-refractivity contribution in [3.63, 3.8) is 0 Å². The Labute approximate surface area is 151 Å². The van der Waals surface area contributed by atoms with Crippen LogP contribution in [-0.4, -0.2) is 48.7 Å². The molecule has 134 valence electrons. The Balaban J connectivity index is 1.32. The maximum atomic E-state index is 12.5. The topological polar surface area (TPSA) is 78.1 Å². The van der Waals surface area contributed by atoms with E-state index in [1.54, 1.807) is 16.6 Å². The van der Waals surface area contributed by atoms with E-state index in [1.807, 2.05) is 54.2 Å². The van der Waals surface area contributed by atoms with Crippen molar-refractivity contribution in [1.82, 2.24) is 29.7 Å². The molecular formula is C18H20N6O2. The Hall–Kier alpha value is -3.16. The van der Waals surface area contributed by atoms with Crippen molar-refractivity contribution >= 4 is 5.91 Å². The van der Waals surface area contributed by atoms with Gasteiger partial charge in [-0.15, -0.1) is 5.10 Å². The monoisotopic (exact) mass is 352 g/mol. The molecule has 3 heterocycles.